The second-order valence-electron chi connectivity index (χ2n) is 4.71. The first-order chi connectivity index (χ1) is 10.2. The van der Waals surface area contributed by atoms with E-state index in [0.29, 0.717) is 13.0 Å². The van der Waals surface area contributed by atoms with Crippen molar-refractivity contribution < 1.29 is 13.5 Å². The fourth-order valence-corrected chi connectivity index (χ4v) is 2.53. The minimum atomic E-state index is -2.40. The SMILES string of the molecule is FC(F)COCCC(Br)c1ccc(-c2ccccc2)cc1. The van der Waals surface area contributed by atoms with Crippen LogP contribution in [-0.2, 0) is 4.74 Å². The Morgan fingerprint density at radius 2 is 1.52 bits per heavy atom. The average molecular weight is 355 g/mol. The predicted octanol–water partition coefficient (Wildman–Crippen LogP) is 5.46. The second kappa shape index (κ2) is 8.25. The Hall–Kier alpha value is -1.26. The van der Waals surface area contributed by atoms with E-state index in [4.69, 9.17) is 4.74 Å². The van der Waals surface area contributed by atoms with E-state index in [1.807, 2.05) is 18.2 Å². The van der Waals surface area contributed by atoms with Gasteiger partial charge in [-0.1, -0.05) is 70.5 Å². The summed E-state index contributed by atoms with van der Waals surface area (Å²) < 4.78 is 28.8. The number of rotatable bonds is 7. The monoisotopic (exact) mass is 354 g/mol. The zero-order chi connectivity index (χ0) is 15.1. The summed E-state index contributed by atoms with van der Waals surface area (Å²) >= 11 is 3.57. The highest BCUT2D eigenvalue weighted by molar-refractivity contribution is 9.09. The Labute approximate surface area is 132 Å². The van der Waals surface area contributed by atoms with Gasteiger partial charge in [-0.25, -0.2) is 8.78 Å². The third-order valence-corrected chi connectivity index (χ3v) is 4.13. The summed E-state index contributed by atoms with van der Waals surface area (Å²) in [5.74, 6) is 0. The highest BCUT2D eigenvalue weighted by atomic mass is 79.9. The van der Waals surface area contributed by atoms with Gasteiger partial charge in [-0.2, -0.15) is 0 Å². The van der Waals surface area contributed by atoms with Crippen LogP contribution in [0.4, 0.5) is 8.78 Å². The first-order valence-electron chi connectivity index (χ1n) is 6.82. The summed E-state index contributed by atoms with van der Waals surface area (Å²) in [7, 11) is 0. The maximum Gasteiger partial charge on any atom is 0.261 e. The molecule has 21 heavy (non-hydrogen) atoms. The smallest absolute Gasteiger partial charge is 0.261 e. The molecule has 0 aliphatic carbocycles. The molecule has 2 rings (SSSR count). The molecule has 0 spiro atoms. The lowest BCUT2D eigenvalue weighted by Gasteiger charge is -2.11. The quantitative estimate of drug-likeness (QED) is 0.473. The lowest BCUT2D eigenvalue weighted by Crippen LogP contribution is -2.06. The van der Waals surface area contributed by atoms with Crippen molar-refractivity contribution in [1.29, 1.82) is 0 Å². The topological polar surface area (TPSA) is 9.23 Å². The van der Waals surface area contributed by atoms with Crippen LogP contribution < -0.4 is 0 Å². The molecule has 112 valence electrons. The largest absolute Gasteiger partial charge is 0.375 e. The summed E-state index contributed by atoms with van der Waals surface area (Å²) in [5.41, 5.74) is 3.46. The molecule has 0 aliphatic heterocycles. The number of hydrogen-bond donors (Lipinski definition) is 0. The van der Waals surface area contributed by atoms with Crippen molar-refractivity contribution in [3.63, 3.8) is 0 Å². The molecular weight excluding hydrogens is 338 g/mol. The van der Waals surface area contributed by atoms with Crippen molar-refractivity contribution in [2.45, 2.75) is 17.7 Å². The zero-order valence-electron chi connectivity index (χ0n) is 11.5. The van der Waals surface area contributed by atoms with E-state index in [1.54, 1.807) is 0 Å². The van der Waals surface area contributed by atoms with Crippen LogP contribution in [0.2, 0.25) is 0 Å². The average Bonchev–Trinajstić information content (AvgIpc) is 2.52. The number of alkyl halides is 3. The minimum absolute atomic E-state index is 0.111. The van der Waals surface area contributed by atoms with Gasteiger partial charge in [-0.3, -0.25) is 0 Å². The van der Waals surface area contributed by atoms with Gasteiger partial charge in [-0.05, 0) is 23.1 Å². The molecule has 0 saturated heterocycles. The number of ether oxygens (including phenoxy) is 1. The molecule has 1 atom stereocenters. The third-order valence-electron chi connectivity index (χ3n) is 3.14. The van der Waals surface area contributed by atoms with E-state index in [0.717, 1.165) is 11.1 Å². The van der Waals surface area contributed by atoms with Crippen molar-refractivity contribution in [3.05, 3.63) is 60.2 Å². The van der Waals surface area contributed by atoms with Crippen LogP contribution in [-0.4, -0.2) is 19.6 Å². The molecule has 0 heterocycles. The molecule has 0 amide bonds. The summed E-state index contributed by atoms with van der Waals surface area (Å²) in [6.07, 6.45) is -1.74. The van der Waals surface area contributed by atoms with Gasteiger partial charge in [-0.15, -0.1) is 0 Å². The van der Waals surface area contributed by atoms with Crippen LogP contribution in [0.1, 0.15) is 16.8 Å². The van der Waals surface area contributed by atoms with Gasteiger partial charge in [0.05, 0.1) is 0 Å². The lowest BCUT2D eigenvalue weighted by atomic mass is 10.0. The number of benzene rings is 2. The van der Waals surface area contributed by atoms with Crippen molar-refractivity contribution in [3.8, 4) is 11.1 Å². The predicted molar refractivity (Wildman–Crippen MR) is 85.0 cm³/mol. The van der Waals surface area contributed by atoms with Crippen LogP contribution in [0.15, 0.2) is 54.6 Å². The van der Waals surface area contributed by atoms with Crippen molar-refractivity contribution in [2.75, 3.05) is 13.2 Å². The summed E-state index contributed by atoms with van der Waals surface area (Å²) in [4.78, 5) is 0.111. The minimum Gasteiger partial charge on any atom is -0.375 e. The van der Waals surface area contributed by atoms with Gasteiger partial charge in [0.1, 0.15) is 6.61 Å². The van der Waals surface area contributed by atoms with Crippen LogP contribution >= 0.6 is 15.9 Å². The van der Waals surface area contributed by atoms with Gasteiger partial charge in [0.15, 0.2) is 0 Å². The molecule has 4 heteroatoms. The number of halogens is 3. The zero-order valence-corrected chi connectivity index (χ0v) is 13.1. The summed E-state index contributed by atoms with van der Waals surface area (Å²) in [5, 5.41) is 0. The van der Waals surface area contributed by atoms with Crippen molar-refractivity contribution in [2.24, 2.45) is 0 Å². The molecule has 1 nitrogen and oxygen atoms in total. The Balaban J connectivity index is 1.89. The molecule has 0 saturated carbocycles. The Morgan fingerprint density at radius 3 is 2.14 bits per heavy atom. The Morgan fingerprint density at radius 1 is 0.905 bits per heavy atom. The molecule has 0 N–H and O–H groups in total. The molecule has 0 bridgehead atoms. The first kappa shape index (κ1) is 16.1. The standard InChI is InChI=1S/C17H17BrF2O/c18-16(10-11-21-12-17(19)20)15-8-6-14(7-9-15)13-4-2-1-3-5-13/h1-9,16-17H,10-12H2. The van der Waals surface area contributed by atoms with Gasteiger partial charge in [0.2, 0.25) is 0 Å². The van der Waals surface area contributed by atoms with E-state index in [9.17, 15) is 8.78 Å². The highest BCUT2D eigenvalue weighted by Gasteiger charge is 2.09. The maximum atomic E-state index is 12.0. The van der Waals surface area contributed by atoms with Gasteiger partial charge >= 0.3 is 0 Å². The number of hydrogen-bond acceptors (Lipinski definition) is 1. The van der Waals surface area contributed by atoms with Crippen LogP contribution in [0.3, 0.4) is 0 Å². The normalized spacial score (nSPS) is 12.6. The van der Waals surface area contributed by atoms with Crippen LogP contribution in [0.5, 0.6) is 0 Å². The third kappa shape index (κ3) is 5.21. The molecule has 0 aromatic heterocycles. The molecule has 2 aromatic carbocycles. The Bertz CT molecular complexity index is 528. The molecule has 0 radical (unpaired) electrons. The fourth-order valence-electron chi connectivity index (χ4n) is 2.04. The molecule has 1 unspecified atom stereocenters. The lowest BCUT2D eigenvalue weighted by molar-refractivity contribution is 0.0167. The van der Waals surface area contributed by atoms with Crippen molar-refractivity contribution >= 4 is 15.9 Å². The summed E-state index contributed by atoms with van der Waals surface area (Å²) in [6, 6.07) is 18.4. The Kier molecular flexibility index (Phi) is 6.33. The fraction of sp³-hybridized carbons (Fsp3) is 0.294. The second-order valence-corrected chi connectivity index (χ2v) is 5.82. The van der Waals surface area contributed by atoms with Crippen LogP contribution in [0, 0.1) is 0 Å². The highest BCUT2D eigenvalue weighted by Crippen LogP contribution is 2.28. The first-order valence-corrected chi connectivity index (χ1v) is 7.73. The van der Waals surface area contributed by atoms with E-state index in [-0.39, 0.29) is 4.83 Å². The van der Waals surface area contributed by atoms with E-state index < -0.39 is 13.0 Å². The molecule has 0 fully saturated rings. The molecule has 0 aliphatic rings. The van der Waals surface area contributed by atoms with Gasteiger partial charge in [0.25, 0.3) is 6.43 Å². The maximum absolute atomic E-state index is 12.0. The summed E-state index contributed by atoms with van der Waals surface area (Å²) in [6.45, 7) is -0.173. The van der Waals surface area contributed by atoms with Gasteiger partial charge in [0, 0.05) is 11.4 Å². The van der Waals surface area contributed by atoms with Crippen LogP contribution in [0.25, 0.3) is 11.1 Å². The van der Waals surface area contributed by atoms with E-state index in [2.05, 4.69) is 52.3 Å². The van der Waals surface area contributed by atoms with Gasteiger partial charge < -0.3 is 4.74 Å². The van der Waals surface area contributed by atoms with E-state index >= 15 is 0 Å². The van der Waals surface area contributed by atoms with E-state index in [1.165, 1.54) is 5.56 Å². The molecule has 2 aromatic rings. The molecular formula is C17H17BrF2O. The van der Waals surface area contributed by atoms with Crippen molar-refractivity contribution in [1.82, 2.24) is 0 Å².